The maximum absolute atomic E-state index is 12.0. The van der Waals surface area contributed by atoms with E-state index in [0.717, 1.165) is 34.3 Å². The first-order valence-corrected chi connectivity index (χ1v) is 9.89. The topological polar surface area (TPSA) is 71.1 Å². The summed E-state index contributed by atoms with van der Waals surface area (Å²) in [6, 6.07) is 4.05. The largest absolute Gasteiger partial charge is 0.460 e. The van der Waals surface area contributed by atoms with Gasteiger partial charge in [0, 0.05) is 17.6 Å². The van der Waals surface area contributed by atoms with Crippen LogP contribution in [0.3, 0.4) is 0 Å². The van der Waals surface area contributed by atoms with Gasteiger partial charge in [-0.15, -0.1) is 0 Å². The summed E-state index contributed by atoms with van der Waals surface area (Å²) >= 11 is 3.69. The van der Waals surface area contributed by atoms with Gasteiger partial charge in [-0.25, -0.2) is 4.79 Å². The zero-order chi connectivity index (χ0) is 21.5. The van der Waals surface area contributed by atoms with Crippen molar-refractivity contribution in [3.63, 3.8) is 0 Å². The molecule has 0 saturated carbocycles. The van der Waals surface area contributed by atoms with E-state index in [1.807, 2.05) is 40.3 Å². The number of esters is 1. The molecule has 0 bridgehead atoms. The number of nitrogens with zero attached hydrogens (tertiary/aromatic N) is 2. The van der Waals surface area contributed by atoms with E-state index in [1.54, 1.807) is 20.8 Å². The molecule has 1 N–H and O–H groups in total. The molecule has 0 unspecified atom stereocenters. The van der Waals surface area contributed by atoms with Crippen LogP contribution in [0, 0.1) is 0 Å². The van der Waals surface area contributed by atoms with Crippen LogP contribution in [0.5, 0.6) is 0 Å². The second kappa shape index (κ2) is 10.8. The van der Waals surface area contributed by atoms with Crippen molar-refractivity contribution in [2.45, 2.75) is 46.1 Å². The van der Waals surface area contributed by atoms with Gasteiger partial charge in [0.1, 0.15) is 18.8 Å². The molecular formula is C20H32BrN3O4. The van der Waals surface area contributed by atoms with E-state index in [0.29, 0.717) is 0 Å². The maximum atomic E-state index is 12.0. The van der Waals surface area contributed by atoms with E-state index in [2.05, 4.69) is 31.0 Å². The lowest BCUT2D eigenvalue weighted by atomic mass is 10.1. The Balaban J connectivity index is 2.74. The Morgan fingerprint density at radius 1 is 1.04 bits per heavy atom. The first kappa shape index (κ1) is 24.4. The third-order valence-corrected chi connectivity index (χ3v) is 4.45. The summed E-state index contributed by atoms with van der Waals surface area (Å²) in [5.74, 6) is -0.517. The number of amides is 1. The minimum Gasteiger partial charge on any atom is -0.460 e. The SMILES string of the molecule is CN(C)Cc1cc(COC(=O)CNC(=O)OC(C)(C)C)cc(CN(C)C)c1Br. The molecule has 0 fully saturated rings. The molecule has 0 aliphatic carbocycles. The second-order valence-electron chi connectivity index (χ2n) is 8.22. The number of hydrogen-bond donors (Lipinski definition) is 1. The van der Waals surface area contributed by atoms with Crippen LogP contribution in [-0.4, -0.2) is 62.2 Å². The Morgan fingerprint density at radius 3 is 1.96 bits per heavy atom. The van der Waals surface area contributed by atoms with Crippen LogP contribution in [-0.2, 0) is 34.0 Å². The smallest absolute Gasteiger partial charge is 0.408 e. The van der Waals surface area contributed by atoms with Crippen LogP contribution in [0.15, 0.2) is 16.6 Å². The van der Waals surface area contributed by atoms with Crippen molar-refractivity contribution in [2.24, 2.45) is 0 Å². The number of carbonyl (C=O) groups excluding carboxylic acids is 2. The number of carbonyl (C=O) groups is 2. The van der Waals surface area contributed by atoms with E-state index in [-0.39, 0.29) is 13.2 Å². The van der Waals surface area contributed by atoms with Crippen molar-refractivity contribution >= 4 is 28.0 Å². The van der Waals surface area contributed by atoms with Gasteiger partial charge in [-0.1, -0.05) is 15.9 Å². The lowest BCUT2D eigenvalue weighted by Gasteiger charge is -2.19. The number of rotatable bonds is 8. The van der Waals surface area contributed by atoms with Crippen LogP contribution in [0.1, 0.15) is 37.5 Å². The zero-order valence-electron chi connectivity index (χ0n) is 17.9. The standard InChI is InChI=1S/C20H32BrN3O4/c1-20(2,3)28-19(26)22-10-17(25)27-13-14-8-15(11-23(4)5)18(21)16(9-14)12-24(6)7/h8-9H,10-13H2,1-7H3,(H,22,26). The molecule has 1 amide bonds. The molecular weight excluding hydrogens is 426 g/mol. The molecule has 0 heterocycles. The summed E-state index contributed by atoms with van der Waals surface area (Å²) in [7, 11) is 8.03. The van der Waals surface area contributed by atoms with Crippen molar-refractivity contribution < 1.29 is 19.1 Å². The highest BCUT2D eigenvalue weighted by molar-refractivity contribution is 9.10. The van der Waals surface area contributed by atoms with E-state index < -0.39 is 17.7 Å². The third-order valence-electron chi connectivity index (χ3n) is 3.43. The van der Waals surface area contributed by atoms with E-state index in [1.165, 1.54) is 0 Å². The van der Waals surface area contributed by atoms with Gasteiger partial charge >= 0.3 is 12.1 Å². The number of benzene rings is 1. The van der Waals surface area contributed by atoms with Crippen LogP contribution in [0.4, 0.5) is 4.79 Å². The summed E-state index contributed by atoms with van der Waals surface area (Å²) in [5.41, 5.74) is 2.55. The van der Waals surface area contributed by atoms with E-state index >= 15 is 0 Å². The Hall–Kier alpha value is -1.64. The van der Waals surface area contributed by atoms with Gasteiger partial charge in [-0.05, 0) is 77.8 Å². The quantitative estimate of drug-likeness (QED) is 0.604. The lowest BCUT2D eigenvalue weighted by Crippen LogP contribution is -2.36. The van der Waals surface area contributed by atoms with Crippen LogP contribution in [0.2, 0.25) is 0 Å². The molecule has 0 spiro atoms. The molecule has 1 aromatic rings. The fraction of sp³-hybridized carbons (Fsp3) is 0.600. The predicted molar refractivity (Wildman–Crippen MR) is 113 cm³/mol. The minimum absolute atomic E-state index is 0.142. The number of nitrogens with one attached hydrogen (secondary N) is 1. The van der Waals surface area contributed by atoms with E-state index in [4.69, 9.17) is 9.47 Å². The second-order valence-corrected chi connectivity index (χ2v) is 9.01. The van der Waals surface area contributed by atoms with Gasteiger partial charge in [0.2, 0.25) is 0 Å². The van der Waals surface area contributed by atoms with Crippen LogP contribution < -0.4 is 5.32 Å². The van der Waals surface area contributed by atoms with Crippen molar-refractivity contribution in [2.75, 3.05) is 34.7 Å². The molecule has 0 radical (unpaired) electrons. The van der Waals surface area contributed by atoms with Crippen molar-refractivity contribution in [1.29, 1.82) is 0 Å². The first-order valence-electron chi connectivity index (χ1n) is 9.09. The molecule has 158 valence electrons. The van der Waals surface area contributed by atoms with Crippen LogP contribution in [0.25, 0.3) is 0 Å². The summed E-state index contributed by atoms with van der Waals surface area (Å²) < 4.78 is 11.5. The zero-order valence-corrected chi connectivity index (χ0v) is 19.5. The Bertz CT molecular complexity index is 654. The summed E-state index contributed by atoms with van der Waals surface area (Å²) in [5, 5.41) is 2.40. The summed E-state index contributed by atoms with van der Waals surface area (Å²) in [6.07, 6.45) is -0.644. The van der Waals surface area contributed by atoms with Crippen molar-refractivity contribution in [1.82, 2.24) is 15.1 Å². The molecule has 1 aromatic carbocycles. The third kappa shape index (κ3) is 9.52. The van der Waals surface area contributed by atoms with Crippen molar-refractivity contribution in [3.05, 3.63) is 33.3 Å². The molecule has 0 atom stereocenters. The highest BCUT2D eigenvalue weighted by atomic mass is 79.9. The molecule has 8 heteroatoms. The Morgan fingerprint density at radius 2 is 1.54 bits per heavy atom. The van der Waals surface area contributed by atoms with Crippen LogP contribution >= 0.6 is 15.9 Å². The molecule has 0 aliphatic heterocycles. The number of hydrogen-bond acceptors (Lipinski definition) is 6. The monoisotopic (exact) mass is 457 g/mol. The predicted octanol–water partition coefficient (Wildman–Crippen LogP) is 3.14. The number of ether oxygens (including phenoxy) is 2. The van der Waals surface area contributed by atoms with Gasteiger partial charge in [-0.3, -0.25) is 4.79 Å². The lowest BCUT2D eigenvalue weighted by molar-refractivity contribution is -0.143. The van der Waals surface area contributed by atoms with Gasteiger partial charge in [0.05, 0.1) is 0 Å². The summed E-state index contributed by atoms with van der Waals surface area (Å²) in [6.45, 7) is 6.72. The van der Waals surface area contributed by atoms with E-state index in [9.17, 15) is 9.59 Å². The maximum Gasteiger partial charge on any atom is 0.408 e. The Labute approximate surface area is 176 Å². The minimum atomic E-state index is -0.644. The molecule has 7 nitrogen and oxygen atoms in total. The summed E-state index contributed by atoms with van der Waals surface area (Å²) in [4.78, 5) is 27.7. The molecule has 0 aliphatic rings. The molecule has 28 heavy (non-hydrogen) atoms. The van der Waals surface area contributed by atoms with Gasteiger partial charge in [0.15, 0.2) is 0 Å². The van der Waals surface area contributed by atoms with Gasteiger partial charge in [-0.2, -0.15) is 0 Å². The molecule has 1 rings (SSSR count). The van der Waals surface area contributed by atoms with Crippen molar-refractivity contribution in [3.8, 4) is 0 Å². The first-order chi connectivity index (χ1) is 12.9. The highest BCUT2D eigenvalue weighted by Gasteiger charge is 2.17. The van der Waals surface area contributed by atoms with Gasteiger partial charge < -0.3 is 24.6 Å². The Kier molecular flexibility index (Phi) is 9.39. The average Bonchev–Trinajstić information content (AvgIpc) is 2.52. The fourth-order valence-corrected chi connectivity index (χ4v) is 2.97. The highest BCUT2D eigenvalue weighted by Crippen LogP contribution is 2.26. The molecule has 0 saturated heterocycles. The normalized spacial score (nSPS) is 11.6. The number of halogens is 1. The average molecular weight is 458 g/mol. The van der Waals surface area contributed by atoms with Gasteiger partial charge in [0.25, 0.3) is 0 Å². The fourth-order valence-electron chi connectivity index (χ4n) is 2.49. The number of alkyl carbamates (subject to hydrolysis) is 1. The molecule has 0 aromatic heterocycles.